The largest absolute Gasteiger partial charge is 0.493 e. The molecule has 0 aliphatic rings. The first kappa shape index (κ1) is 19.9. The summed E-state index contributed by atoms with van der Waals surface area (Å²) in [4.78, 5) is 10.9. The lowest BCUT2D eigenvalue weighted by molar-refractivity contribution is 0.112. The number of hydrogen-bond donors (Lipinski definition) is 0. The standard InChI is InChI=1S/C21H23N3O3S/c1-4-24-20(17-8-5-15(2)6-9-17)22-23-21(24)28-12-11-27-18-10-7-16(14-25)13-19(18)26-3/h5-10,13-14H,4,11-12H2,1-3H3. The molecule has 0 saturated heterocycles. The van der Waals surface area contributed by atoms with Gasteiger partial charge in [-0.2, -0.15) is 0 Å². The molecule has 146 valence electrons. The van der Waals surface area contributed by atoms with E-state index in [-0.39, 0.29) is 0 Å². The van der Waals surface area contributed by atoms with Gasteiger partial charge < -0.3 is 14.0 Å². The van der Waals surface area contributed by atoms with E-state index in [2.05, 4.69) is 52.9 Å². The summed E-state index contributed by atoms with van der Waals surface area (Å²) in [6.07, 6.45) is 0.783. The minimum atomic E-state index is 0.484. The van der Waals surface area contributed by atoms with Crippen LogP contribution in [0.5, 0.6) is 11.5 Å². The van der Waals surface area contributed by atoms with E-state index in [9.17, 15) is 4.79 Å². The molecule has 0 aliphatic heterocycles. The highest BCUT2D eigenvalue weighted by atomic mass is 32.2. The van der Waals surface area contributed by atoms with Crippen molar-refractivity contribution in [3.63, 3.8) is 0 Å². The van der Waals surface area contributed by atoms with Crippen molar-refractivity contribution in [2.45, 2.75) is 25.5 Å². The first-order chi connectivity index (χ1) is 13.7. The molecule has 0 spiro atoms. The van der Waals surface area contributed by atoms with Crippen LogP contribution in [-0.4, -0.2) is 40.5 Å². The van der Waals surface area contributed by atoms with Crippen LogP contribution in [0.25, 0.3) is 11.4 Å². The fraction of sp³-hybridized carbons (Fsp3) is 0.286. The third-order valence-corrected chi connectivity index (χ3v) is 5.17. The first-order valence-electron chi connectivity index (χ1n) is 9.05. The quantitative estimate of drug-likeness (QED) is 0.305. The van der Waals surface area contributed by atoms with Crippen molar-refractivity contribution in [2.24, 2.45) is 0 Å². The highest BCUT2D eigenvalue weighted by molar-refractivity contribution is 7.99. The van der Waals surface area contributed by atoms with Crippen molar-refractivity contribution in [3.05, 3.63) is 53.6 Å². The van der Waals surface area contributed by atoms with Gasteiger partial charge in [-0.25, -0.2) is 0 Å². The van der Waals surface area contributed by atoms with E-state index in [0.29, 0.717) is 29.4 Å². The summed E-state index contributed by atoms with van der Waals surface area (Å²) in [6, 6.07) is 13.4. The lowest BCUT2D eigenvalue weighted by Gasteiger charge is -2.11. The number of aromatic nitrogens is 3. The van der Waals surface area contributed by atoms with Crippen molar-refractivity contribution in [1.82, 2.24) is 14.8 Å². The molecule has 28 heavy (non-hydrogen) atoms. The van der Waals surface area contributed by atoms with Crippen LogP contribution in [0, 0.1) is 6.92 Å². The van der Waals surface area contributed by atoms with Gasteiger partial charge in [0.25, 0.3) is 0 Å². The maximum absolute atomic E-state index is 10.9. The summed E-state index contributed by atoms with van der Waals surface area (Å²) in [6.45, 7) is 5.43. The number of hydrogen-bond acceptors (Lipinski definition) is 6. The zero-order valence-electron chi connectivity index (χ0n) is 16.2. The minimum absolute atomic E-state index is 0.484. The molecule has 3 rings (SSSR count). The van der Waals surface area contributed by atoms with Gasteiger partial charge in [0.1, 0.15) is 6.29 Å². The van der Waals surface area contributed by atoms with E-state index in [1.165, 1.54) is 5.56 Å². The number of rotatable bonds is 9. The van der Waals surface area contributed by atoms with Gasteiger partial charge in [-0.1, -0.05) is 41.6 Å². The Morgan fingerprint density at radius 2 is 1.89 bits per heavy atom. The average Bonchev–Trinajstić information content (AvgIpc) is 3.14. The highest BCUT2D eigenvalue weighted by Gasteiger charge is 2.13. The third-order valence-electron chi connectivity index (χ3n) is 4.24. The van der Waals surface area contributed by atoms with Crippen molar-refractivity contribution in [1.29, 1.82) is 0 Å². The van der Waals surface area contributed by atoms with E-state index in [0.717, 1.165) is 29.4 Å². The van der Waals surface area contributed by atoms with Gasteiger partial charge >= 0.3 is 0 Å². The molecular formula is C21H23N3O3S. The molecule has 0 N–H and O–H groups in total. The summed E-state index contributed by atoms with van der Waals surface area (Å²) in [5.41, 5.74) is 2.83. The molecule has 7 heteroatoms. The third kappa shape index (κ3) is 4.54. The summed E-state index contributed by atoms with van der Waals surface area (Å²) in [7, 11) is 1.56. The fourth-order valence-corrected chi connectivity index (χ4v) is 3.58. The van der Waals surface area contributed by atoms with Crippen LogP contribution in [0.3, 0.4) is 0 Å². The van der Waals surface area contributed by atoms with Crippen LogP contribution >= 0.6 is 11.8 Å². The number of carbonyl (C=O) groups excluding carboxylic acids is 1. The Bertz CT molecular complexity index is 939. The Labute approximate surface area is 168 Å². The number of aryl methyl sites for hydroxylation is 1. The first-order valence-corrected chi connectivity index (χ1v) is 10.0. The van der Waals surface area contributed by atoms with Crippen LogP contribution < -0.4 is 9.47 Å². The Balaban J connectivity index is 1.62. The second-order valence-corrected chi connectivity index (χ2v) is 7.20. The maximum Gasteiger partial charge on any atom is 0.191 e. The van der Waals surface area contributed by atoms with Gasteiger partial charge in [-0.15, -0.1) is 10.2 Å². The predicted molar refractivity (Wildman–Crippen MR) is 110 cm³/mol. The second kappa shape index (κ2) is 9.41. The van der Waals surface area contributed by atoms with Crippen LogP contribution in [0.15, 0.2) is 47.6 Å². The molecule has 6 nitrogen and oxygen atoms in total. The number of benzene rings is 2. The molecule has 0 atom stereocenters. The van der Waals surface area contributed by atoms with Gasteiger partial charge in [-0.3, -0.25) is 4.79 Å². The van der Waals surface area contributed by atoms with Gasteiger partial charge in [0.15, 0.2) is 22.5 Å². The second-order valence-electron chi connectivity index (χ2n) is 6.14. The fourth-order valence-electron chi connectivity index (χ4n) is 2.76. The van der Waals surface area contributed by atoms with Gasteiger partial charge in [0.2, 0.25) is 0 Å². The lowest BCUT2D eigenvalue weighted by Crippen LogP contribution is -2.04. The van der Waals surface area contributed by atoms with Gasteiger partial charge in [-0.05, 0) is 32.0 Å². The number of methoxy groups -OCH3 is 1. The maximum atomic E-state index is 10.9. The predicted octanol–water partition coefficient (Wildman–Crippen LogP) is 4.27. The van der Waals surface area contributed by atoms with E-state index >= 15 is 0 Å². The van der Waals surface area contributed by atoms with Crippen LogP contribution in [0.2, 0.25) is 0 Å². The molecule has 0 bridgehead atoms. The van der Waals surface area contributed by atoms with Crippen molar-refractivity contribution < 1.29 is 14.3 Å². The van der Waals surface area contributed by atoms with Crippen molar-refractivity contribution in [2.75, 3.05) is 19.5 Å². The molecule has 0 radical (unpaired) electrons. The van der Waals surface area contributed by atoms with Gasteiger partial charge in [0.05, 0.1) is 13.7 Å². The molecule has 0 aliphatic carbocycles. The molecule has 0 unspecified atom stereocenters. The Morgan fingerprint density at radius 1 is 1.11 bits per heavy atom. The van der Waals surface area contributed by atoms with Gasteiger partial charge in [0, 0.05) is 23.4 Å². The molecular weight excluding hydrogens is 374 g/mol. The van der Waals surface area contributed by atoms with E-state index in [1.54, 1.807) is 37.1 Å². The molecule has 0 amide bonds. The zero-order chi connectivity index (χ0) is 19.9. The smallest absolute Gasteiger partial charge is 0.191 e. The van der Waals surface area contributed by atoms with Crippen LogP contribution in [0.4, 0.5) is 0 Å². The number of ether oxygens (including phenoxy) is 2. The topological polar surface area (TPSA) is 66.2 Å². The summed E-state index contributed by atoms with van der Waals surface area (Å²) < 4.78 is 13.2. The number of nitrogens with zero attached hydrogens (tertiary/aromatic N) is 3. The minimum Gasteiger partial charge on any atom is -0.493 e. The monoisotopic (exact) mass is 397 g/mol. The SMILES string of the molecule is CCn1c(SCCOc2ccc(C=O)cc2OC)nnc1-c1ccc(C)cc1. The Morgan fingerprint density at radius 3 is 2.57 bits per heavy atom. The molecule has 1 heterocycles. The van der Waals surface area contributed by atoms with Crippen molar-refractivity contribution in [3.8, 4) is 22.9 Å². The van der Waals surface area contributed by atoms with E-state index < -0.39 is 0 Å². The Kier molecular flexibility index (Phi) is 6.71. The molecule has 1 aromatic heterocycles. The van der Waals surface area contributed by atoms with Crippen LogP contribution in [-0.2, 0) is 6.54 Å². The molecule has 3 aromatic rings. The van der Waals surface area contributed by atoms with Crippen molar-refractivity contribution >= 4 is 18.0 Å². The summed E-state index contributed by atoms with van der Waals surface area (Å²) in [5.74, 6) is 2.75. The molecule has 2 aromatic carbocycles. The summed E-state index contributed by atoms with van der Waals surface area (Å²) >= 11 is 1.60. The number of aldehydes is 1. The zero-order valence-corrected chi connectivity index (χ0v) is 17.0. The summed E-state index contributed by atoms with van der Waals surface area (Å²) in [5, 5.41) is 9.58. The van der Waals surface area contributed by atoms with E-state index in [4.69, 9.17) is 9.47 Å². The average molecular weight is 398 g/mol. The van der Waals surface area contributed by atoms with Crippen LogP contribution in [0.1, 0.15) is 22.8 Å². The normalized spacial score (nSPS) is 10.7. The number of thioether (sulfide) groups is 1. The lowest BCUT2D eigenvalue weighted by atomic mass is 10.1. The Hall–Kier alpha value is -2.80. The number of carbonyl (C=O) groups is 1. The highest BCUT2D eigenvalue weighted by Crippen LogP contribution is 2.28. The van der Waals surface area contributed by atoms with E-state index in [1.807, 2.05) is 0 Å². The molecule has 0 fully saturated rings. The molecule has 0 saturated carbocycles.